The highest BCUT2D eigenvalue weighted by atomic mass is 16.3. The molecule has 0 bridgehead atoms. The molecular formula is C61H59N3O. The fourth-order valence-electron chi connectivity index (χ4n) is 8.47. The summed E-state index contributed by atoms with van der Waals surface area (Å²) in [7, 11) is 0. The average molecular weight is 871 g/mol. The van der Waals surface area contributed by atoms with E-state index in [4.69, 9.17) is 38.8 Å². The summed E-state index contributed by atoms with van der Waals surface area (Å²) in [4.78, 5) is 9.94. The zero-order valence-corrected chi connectivity index (χ0v) is 35.7. The number of para-hydroxylation sites is 1. The maximum atomic E-state index is 13.0. The van der Waals surface area contributed by atoms with Gasteiger partial charge in [0.15, 0.2) is 0 Å². The van der Waals surface area contributed by atoms with Crippen LogP contribution in [0.4, 0.5) is 0 Å². The molecule has 0 spiro atoms. The molecule has 7 aromatic carbocycles. The number of nitrogens with zero attached hydrogens (tertiary/aromatic N) is 3. The smallest absolute Gasteiger partial charge is 0.149 e. The first kappa shape index (κ1) is 24.9. The molecule has 4 nitrogen and oxygen atoms in total. The predicted molar refractivity (Wildman–Crippen MR) is 274 cm³/mol. The van der Waals surface area contributed by atoms with Crippen molar-refractivity contribution in [1.29, 1.82) is 0 Å². The van der Waals surface area contributed by atoms with Crippen molar-refractivity contribution in [3.63, 3.8) is 0 Å². The van der Waals surface area contributed by atoms with Gasteiger partial charge in [0.2, 0.25) is 0 Å². The molecule has 65 heavy (non-hydrogen) atoms. The second kappa shape index (κ2) is 17.2. The molecule has 0 saturated heterocycles. The Morgan fingerprint density at radius 1 is 0.569 bits per heavy atom. The molecule has 0 aliphatic rings. The van der Waals surface area contributed by atoms with Crippen molar-refractivity contribution in [3.05, 3.63) is 192 Å². The van der Waals surface area contributed by atoms with Crippen molar-refractivity contribution < 1.29 is 33.9 Å². The van der Waals surface area contributed by atoms with E-state index in [0.29, 0.717) is 46.1 Å². The van der Waals surface area contributed by atoms with Crippen molar-refractivity contribution in [2.75, 3.05) is 0 Å². The number of hydrogen-bond acceptors (Lipinski definition) is 3. The minimum Gasteiger partial charge on any atom is -0.507 e. The van der Waals surface area contributed by atoms with Crippen molar-refractivity contribution in [2.24, 2.45) is 5.92 Å². The molecule has 0 saturated carbocycles. The van der Waals surface area contributed by atoms with Crippen LogP contribution in [0.15, 0.2) is 170 Å². The van der Waals surface area contributed by atoms with E-state index in [0.717, 1.165) is 33.4 Å². The lowest BCUT2D eigenvalue weighted by atomic mass is 9.79. The summed E-state index contributed by atoms with van der Waals surface area (Å²) in [6.07, 6.45) is 2.11. The van der Waals surface area contributed by atoms with E-state index in [2.05, 4.69) is 0 Å². The van der Waals surface area contributed by atoms with Gasteiger partial charge < -0.3 is 5.11 Å². The number of phenolic OH excluding ortho intramolecular Hbond substituents is 1. The van der Waals surface area contributed by atoms with Gasteiger partial charge in [-0.3, -0.25) is 9.55 Å². The van der Waals surface area contributed by atoms with Crippen LogP contribution in [0, 0.1) is 12.8 Å². The van der Waals surface area contributed by atoms with E-state index in [1.54, 1.807) is 60.8 Å². The van der Waals surface area contributed by atoms with E-state index < -0.39 is 87.1 Å². The third-order valence-corrected chi connectivity index (χ3v) is 11.6. The minimum absolute atomic E-state index is 0.0605. The summed E-state index contributed by atoms with van der Waals surface area (Å²) < 4.78 is 183. The van der Waals surface area contributed by atoms with Crippen molar-refractivity contribution in [1.82, 2.24) is 14.5 Å². The number of imidazole rings is 1. The Balaban J connectivity index is 1.45. The van der Waals surface area contributed by atoms with Crippen molar-refractivity contribution >= 4 is 11.0 Å². The normalized spacial score (nSPS) is 18.2. The van der Waals surface area contributed by atoms with Gasteiger partial charge in [-0.05, 0) is 135 Å². The highest BCUT2D eigenvalue weighted by molar-refractivity contribution is 5.98. The summed E-state index contributed by atoms with van der Waals surface area (Å²) >= 11 is 0. The van der Waals surface area contributed by atoms with Gasteiger partial charge in [-0.1, -0.05) is 170 Å². The third kappa shape index (κ3) is 8.78. The highest BCUT2D eigenvalue weighted by Crippen LogP contribution is 2.45. The Hall–Kier alpha value is -7.04. The molecule has 0 atom stereocenters. The molecule has 1 N–H and O–H groups in total. The first-order valence-electron chi connectivity index (χ1n) is 31.7. The number of hydrogen-bond donors (Lipinski definition) is 1. The molecule has 0 unspecified atom stereocenters. The molecule has 9 rings (SSSR count). The first-order valence-corrected chi connectivity index (χ1v) is 21.2. The molecule has 0 aliphatic heterocycles. The molecule has 324 valence electrons. The molecular weight excluding hydrogens is 791 g/mol. The number of aryl methyl sites for hydroxylation is 1. The van der Waals surface area contributed by atoms with Crippen LogP contribution in [-0.2, 0) is 17.3 Å². The topological polar surface area (TPSA) is 50.9 Å². The van der Waals surface area contributed by atoms with Crippen molar-refractivity contribution in [2.45, 2.75) is 79.1 Å². The maximum absolute atomic E-state index is 13.0. The second-order valence-electron chi connectivity index (χ2n) is 16.8. The number of aromatic nitrogens is 3. The zero-order valence-electron chi connectivity index (χ0n) is 56.7. The second-order valence-corrected chi connectivity index (χ2v) is 16.8. The number of phenols is 1. The molecule has 0 radical (unpaired) electrons. The lowest BCUT2D eigenvalue weighted by Crippen LogP contribution is -2.17. The zero-order chi connectivity index (χ0) is 63.1. The van der Waals surface area contributed by atoms with Crippen LogP contribution in [0.1, 0.15) is 106 Å². The number of pyridine rings is 1. The monoisotopic (exact) mass is 871 g/mol. The van der Waals surface area contributed by atoms with Crippen LogP contribution in [0.2, 0.25) is 0 Å². The molecule has 0 amide bonds. The van der Waals surface area contributed by atoms with E-state index in [1.807, 2.05) is 111 Å². The van der Waals surface area contributed by atoms with E-state index in [1.165, 1.54) is 4.57 Å². The minimum atomic E-state index is -4.16. The summed E-state index contributed by atoms with van der Waals surface area (Å²) in [6.45, 7) is -22.9. The Kier molecular flexibility index (Phi) is 6.56. The fraction of sp³-hybridized carbons (Fsp3) is 0.213. The lowest BCUT2D eigenvalue weighted by Gasteiger charge is -2.27. The van der Waals surface area contributed by atoms with E-state index in [9.17, 15) is 5.11 Å². The van der Waals surface area contributed by atoms with Crippen LogP contribution >= 0.6 is 0 Å². The molecule has 4 heteroatoms. The third-order valence-electron chi connectivity index (χ3n) is 11.6. The Morgan fingerprint density at radius 2 is 1.26 bits per heavy atom. The Bertz CT molecular complexity index is 3890. The van der Waals surface area contributed by atoms with Crippen LogP contribution < -0.4 is 0 Å². The number of aromatic hydroxyl groups is 1. The molecule has 2 heterocycles. The molecule has 9 aromatic rings. The predicted octanol–water partition coefficient (Wildman–Crippen LogP) is 16.2. The number of rotatable bonds is 9. The van der Waals surface area contributed by atoms with Gasteiger partial charge in [0.05, 0.1) is 22.3 Å². The highest BCUT2D eigenvalue weighted by Gasteiger charge is 2.29. The van der Waals surface area contributed by atoms with Gasteiger partial charge in [0.25, 0.3) is 0 Å². The van der Waals surface area contributed by atoms with Crippen LogP contribution in [0.5, 0.6) is 5.75 Å². The van der Waals surface area contributed by atoms with Gasteiger partial charge in [-0.2, -0.15) is 0 Å². The number of benzene rings is 7. The van der Waals surface area contributed by atoms with Gasteiger partial charge in [0.1, 0.15) is 11.6 Å². The van der Waals surface area contributed by atoms with Crippen LogP contribution in [0.3, 0.4) is 0 Å². The quantitative estimate of drug-likeness (QED) is 0.157. The Labute approximate surface area is 414 Å². The van der Waals surface area contributed by atoms with Gasteiger partial charge in [-0.15, -0.1) is 0 Å². The summed E-state index contributed by atoms with van der Waals surface area (Å²) in [6, 6.07) is 46.2. The van der Waals surface area contributed by atoms with Gasteiger partial charge in [0, 0.05) is 57.4 Å². The molecule has 0 fully saturated rings. The molecule has 0 aliphatic carbocycles. The van der Waals surface area contributed by atoms with Gasteiger partial charge in [-0.25, -0.2) is 4.98 Å². The SMILES string of the molecule is [2H]C([2H])([2H])c1ccc(-c2ccnc(-c3cc(-c4ccccc4)cc(-c4cccc5c4nc(-c4cc(C(C([2H])([2H])[2H])(C([2H])([2H])[2H])C([2H])([2H])[2H])cc(C(C([2H])([2H])[2H])(C([2H])([2H])[2H])C([2H])([2H])[2H])c4O)n5-c4ccc(-c5ccccc5)c(CC(C)C)c4)c3)c2)cc1. The number of fused-ring (bicyclic) bond motifs is 1. The standard InChI is InChI=1S/C61H59N3O/c1-39(2)31-46-35-50(27-28-51(46)43-19-14-11-15-20-43)64-56-22-16-21-52(57(56)63-59(64)53-37-49(60(4,5)6)38-54(58(53)65)61(7,8)9)47-32-45(41-17-12-10-13-18-41)33-48(34-47)55-36-44(29-30-62-55)42-25-23-40(3)24-26-42/h10-30,32-39,65H,31H2,1-9H3/i3D3,4D3,5D3,6D3,7D3,8D3,9D3. The summed E-state index contributed by atoms with van der Waals surface area (Å²) in [5, 5.41) is 13.0. The van der Waals surface area contributed by atoms with Crippen molar-refractivity contribution in [3.8, 4) is 78.6 Å². The lowest BCUT2D eigenvalue weighted by molar-refractivity contribution is 0.446. The summed E-state index contributed by atoms with van der Waals surface area (Å²) in [5.74, 6) is -1.74. The fourth-order valence-corrected chi connectivity index (χ4v) is 8.47. The maximum Gasteiger partial charge on any atom is 0.149 e. The molecule has 2 aromatic heterocycles. The van der Waals surface area contributed by atoms with E-state index >= 15 is 0 Å². The Morgan fingerprint density at radius 3 is 1.97 bits per heavy atom. The average Bonchev–Trinajstić information content (AvgIpc) is 0.783. The van der Waals surface area contributed by atoms with Gasteiger partial charge >= 0.3 is 0 Å². The first-order chi connectivity index (χ1) is 39.8. The van der Waals surface area contributed by atoms with Crippen LogP contribution in [0.25, 0.3) is 83.9 Å². The van der Waals surface area contributed by atoms with E-state index in [-0.39, 0.29) is 28.6 Å². The summed E-state index contributed by atoms with van der Waals surface area (Å²) in [5.41, 5.74) is -3.39. The largest absolute Gasteiger partial charge is 0.507 e. The van der Waals surface area contributed by atoms with Crippen LogP contribution in [-0.4, -0.2) is 19.6 Å².